The Morgan fingerprint density at radius 1 is 0.511 bits per heavy atom. The van der Waals surface area contributed by atoms with Crippen LogP contribution in [0.5, 0.6) is 0 Å². The number of allylic oxidation sites excluding steroid dienone is 2. The summed E-state index contributed by atoms with van der Waals surface area (Å²) in [4.78, 5) is 75.4. The Kier molecular flexibility index (Phi) is 34.9. The van der Waals surface area contributed by atoms with Gasteiger partial charge in [-0.1, -0.05) is 70.4 Å². The van der Waals surface area contributed by atoms with Gasteiger partial charge in [-0.25, -0.2) is 0 Å². The van der Waals surface area contributed by atoms with Gasteiger partial charge in [-0.3, -0.25) is 28.8 Å². The maximum atomic E-state index is 13.5. The van der Waals surface area contributed by atoms with E-state index in [1.165, 1.54) is 25.7 Å². The fourth-order valence-electron chi connectivity index (χ4n) is 11.2. The molecular formula is C58H101N5O27. The van der Waals surface area contributed by atoms with Crippen LogP contribution in [0.1, 0.15) is 131 Å². The quantitative estimate of drug-likeness (QED) is 0.0156. The highest BCUT2D eigenvalue weighted by molar-refractivity contribution is 5.76. The van der Waals surface area contributed by atoms with E-state index < -0.39 is 222 Å². The molecule has 4 fully saturated rings. The molecule has 5 amide bonds. The molecule has 0 bridgehead atoms. The van der Waals surface area contributed by atoms with Crippen molar-refractivity contribution in [2.24, 2.45) is 0 Å². The largest absolute Gasteiger partial charge is 0.463 e. The van der Waals surface area contributed by atoms with Crippen molar-refractivity contribution in [3.8, 4) is 0 Å². The Labute approximate surface area is 523 Å². The number of hydrogen-bond donors (Lipinski definition) is 17. The van der Waals surface area contributed by atoms with Gasteiger partial charge in [0, 0.05) is 41.0 Å². The molecule has 0 spiro atoms. The molecule has 0 aromatic carbocycles. The second kappa shape index (κ2) is 40.1. The van der Waals surface area contributed by atoms with Crippen LogP contribution < -0.4 is 26.6 Å². The number of unbranched alkanes of at least 4 members (excludes halogenated alkanes) is 11. The van der Waals surface area contributed by atoms with E-state index in [1.807, 2.05) is 0 Å². The van der Waals surface area contributed by atoms with E-state index in [0.717, 1.165) is 79.6 Å². The lowest BCUT2D eigenvalue weighted by molar-refractivity contribution is -0.352. The van der Waals surface area contributed by atoms with E-state index in [4.69, 9.17) is 42.6 Å². The summed E-state index contributed by atoms with van der Waals surface area (Å²) in [7, 11) is 0. The zero-order chi connectivity index (χ0) is 66.8. The Hall–Kier alpha value is -4.24. The minimum Gasteiger partial charge on any atom is -0.463 e. The van der Waals surface area contributed by atoms with Crippen molar-refractivity contribution in [1.82, 2.24) is 26.6 Å². The summed E-state index contributed by atoms with van der Waals surface area (Å²) in [5.74, 6) is -4.49. The van der Waals surface area contributed by atoms with Gasteiger partial charge in [0.25, 0.3) is 0 Å². The number of amides is 5. The van der Waals surface area contributed by atoms with Gasteiger partial charge in [-0.15, -0.1) is 0 Å². The van der Waals surface area contributed by atoms with Gasteiger partial charge in [-0.2, -0.15) is 0 Å². The maximum absolute atomic E-state index is 13.5. The number of rotatable bonds is 38. The summed E-state index contributed by atoms with van der Waals surface area (Å²) in [6, 6.07) is -8.22. The smallest absolute Gasteiger partial charge is 0.302 e. The average molecular weight is 1300 g/mol. The molecule has 4 heterocycles. The van der Waals surface area contributed by atoms with Crippen LogP contribution in [0.4, 0.5) is 0 Å². The molecule has 4 rings (SSSR count). The van der Waals surface area contributed by atoms with Gasteiger partial charge in [0.15, 0.2) is 25.2 Å². The standard InChI is InChI=1S/C58H101N5O27/c1-7-8-9-10-11-12-13-14-15-16-17-18-19-20-21-22-40(74)63-42-47(77)46(76)39(28-82-33(6)72)87-56(42)88-51(35(73)23-64)45(75)34(59-29(2)68)27-83-52-36(24-65)85-57(43(49(52)79)61-31(4)70)90-54-38(26-67)86-58(44(50(54)80)62-32(5)71)89-53-37(25-66)84-55(81)41(48(53)78)60-30(3)69/h12-13,34-39,41-58,64-67,73,75-81H,7-11,14-28H2,1-6H3,(H,59,68)(H,60,69)(H,61,70)(H,62,71)(H,63,74)/b13-12-/t34?,35?,36?,37?,38?,39?,41-,42-,43-,44-,45+,46+,47?,48?,49?,50?,51+,52+,53+,54+,55+,56-,57-,58-/m0/s1. The molecule has 32 nitrogen and oxygen atoms in total. The number of carbonyl (C=O) groups is 6. The Morgan fingerprint density at radius 3 is 1.47 bits per heavy atom. The lowest BCUT2D eigenvalue weighted by Crippen LogP contribution is -2.71. The van der Waals surface area contributed by atoms with Gasteiger partial charge >= 0.3 is 5.97 Å². The van der Waals surface area contributed by atoms with Crippen LogP contribution in [0, 0.1) is 0 Å². The third-order valence-electron chi connectivity index (χ3n) is 15.9. The fourth-order valence-corrected chi connectivity index (χ4v) is 11.2. The predicted molar refractivity (Wildman–Crippen MR) is 310 cm³/mol. The average Bonchev–Trinajstić information content (AvgIpc) is 0.846. The minimum atomic E-state index is -2.15. The van der Waals surface area contributed by atoms with Crippen LogP contribution in [0.25, 0.3) is 0 Å². The van der Waals surface area contributed by atoms with Gasteiger partial charge < -0.3 is 130 Å². The van der Waals surface area contributed by atoms with E-state index in [-0.39, 0.29) is 6.42 Å². The third-order valence-corrected chi connectivity index (χ3v) is 15.9. The topological polar surface area (TPSA) is 488 Å². The number of carbonyl (C=O) groups excluding carboxylic acids is 6. The van der Waals surface area contributed by atoms with Gasteiger partial charge in [0.1, 0.15) is 122 Å². The summed E-state index contributed by atoms with van der Waals surface area (Å²) in [6.07, 6.45) is -16.8. The number of ether oxygens (including phenoxy) is 9. The van der Waals surface area contributed by atoms with Crippen LogP contribution >= 0.6 is 0 Å². The number of aliphatic hydroxyl groups is 12. The zero-order valence-corrected chi connectivity index (χ0v) is 52.1. The van der Waals surface area contributed by atoms with Crippen LogP contribution in [-0.4, -0.2) is 283 Å². The summed E-state index contributed by atoms with van der Waals surface area (Å²) >= 11 is 0. The highest BCUT2D eigenvalue weighted by Gasteiger charge is 2.56. The van der Waals surface area contributed by atoms with Gasteiger partial charge in [-0.05, 0) is 32.1 Å². The summed E-state index contributed by atoms with van der Waals surface area (Å²) in [5, 5.41) is 146. The molecule has 4 aliphatic rings. The predicted octanol–water partition coefficient (Wildman–Crippen LogP) is -4.98. The first-order chi connectivity index (χ1) is 42.8. The maximum Gasteiger partial charge on any atom is 0.302 e. The lowest BCUT2D eigenvalue weighted by Gasteiger charge is -2.50. The summed E-state index contributed by atoms with van der Waals surface area (Å²) < 4.78 is 52.6. The highest BCUT2D eigenvalue weighted by Crippen LogP contribution is 2.34. The van der Waals surface area contributed by atoms with Crippen LogP contribution in [0.15, 0.2) is 12.2 Å². The Morgan fingerprint density at radius 2 is 0.967 bits per heavy atom. The molecule has 520 valence electrons. The number of nitrogens with one attached hydrogen (secondary N) is 5. The molecule has 0 aromatic heterocycles. The molecule has 0 aliphatic carbocycles. The number of esters is 1. The number of hydrogen-bond acceptors (Lipinski definition) is 27. The molecule has 0 saturated carbocycles. The van der Waals surface area contributed by atoms with E-state index >= 15 is 0 Å². The monoisotopic (exact) mass is 1300 g/mol. The van der Waals surface area contributed by atoms with Crippen molar-refractivity contribution >= 4 is 35.5 Å². The first kappa shape index (κ1) is 78.2. The molecule has 4 saturated heterocycles. The molecule has 0 radical (unpaired) electrons. The van der Waals surface area contributed by atoms with E-state index in [2.05, 4.69) is 45.7 Å². The SMILES string of the molecule is CCCCCC/C=C\CCCCCCCCCC(=O)N[C@H]1C(O)[C@H](O)C(COC(C)=O)O[C@H]1O[C@H](C(O)CO)[C@H](O)C(CO[C@@H]1C(CO)O[C@@H](O[C@@H]2C(CO)O[C@@H](O[C@@H]3C(CO)O[C@@H](O)[C@@H](NC(C)=O)C3O)[C@@H](NC(C)=O)C2O)[C@@H](NC(C)=O)C1O)NC(C)=O. The van der Waals surface area contributed by atoms with Crippen molar-refractivity contribution < 1.29 is 133 Å². The van der Waals surface area contributed by atoms with E-state index in [0.29, 0.717) is 12.8 Å². The van der Waals surface area contributed by atoms with E-state index in [1.54, 1.807) is 0 Å². The lowest BCUT2D eigenvalue weighted by atomic mass is 9.93. The van der Waals surface area contributed by atoms with Crippen molar-refractivity contribution in [3.63, 3.8) is 0 Å². The Bertz CT molecular complexity index is 2190. The molecule has 10 unspecified atom stereocenters. The summed E-state index contributed by atoms with van der Waals surface area (Å²) in [6.45, 7) is 2.02. The molecular weight excluding hydrogens is 1200 g/mol. The van der Waals surface area contributed by atoms with Crippen LogP contribution in [0.2, 0.25) is 0 Å². The molecule has 17 N–H and O–H groups in total. The molecule has 32 heteroatoms. The van der Waals surface area contributed by atoms with Crippen LogP contribution in [-0.2, 0) is 71.4 Å². The van der Waals surface area contributed by atoms with Crippen molar-refractivity contribution in [2.75, 3.05) is 39.6 Å². The first-order valence-electron chi connectivity index (χ1n) is 31.1. The second-order valence-corrected chi connectivity index (χ2v) is 23.3. The Balaban J connectivity index is 1.51. The van der Waals surface area contributed by atoms with Gasteiger partial charge in [0.05, 0.1) is 39.1 Å². The fraction of sp³-hybridized carbons (Fsp3) is 0.862. The minimum absolute atomic E-state index is 0.0243. The normalized spacial score (nSPS) is 33.5. The molecule has 0 aromatic rings. The highest BCUT2D eigenvalue weighted by atomic mass is 16.7. The molecule has 24 atom stereocenters. The number of aliphatic hydroxyl groups excluding tert-OH is 12. The third kappa shape index (κ3) is 24.0. The zero-order valence-electron chi connectivity index (χ0n) is 52.1. The van der Waals surface area contributed by atoms with E-state index in [9.17, 15) is 90.0 Å². The van der Waals surface area contributed by atoms with Crippen LogP contribution in [0.3, 0.4) is 0 Å². The molecule has 4 aliphatic heterocycles. The van der Waals surface area contributed by atoms with Gasteiger partial charge in [0.2, 0.25) is 29.5 Å². The summed E-state index contributed by atoms with van der Waals surface area (Å²) in [5.41, 5.74) is 0. The first-order valence-corrected chi connectivity index (χ1v) is 31.1. The van der Waals surface area contributed by atoms with Crippen molar-refractivity contribution in [1.29, 1.82) is 0 Å². The van der Waals surface area contributed by atoms with Crippen molar-refractivity contribution in [3.05, 3.63) is 12.2 Å². The molecule has 90 heavy (non-hydrogen) atoms. The van der Waals surface area contributed by atoms with Crippen molar-refractivity contribution in [2.45, 2.75) is 278 Å². The second-order valence-electron chi connectivity index (χ2n) is 23.3.